The number of benzene rings is 3. The summed E-state index contributed by atoms with van der Waals surface area (Å²) in [6.45, 7) is 0. The van der Waals surface area contributed by atoms with Gasteiger partial charge in [-0.25, -0.2) is 0 Å². The highest BCUT2D eigenvalue weighted by Gasteiger charge is 2.36. The normalized spacial score (nSPS) is 20.3. The average molecular weight is 381 g/mol. The molecule has 3 unspecified atom stereocenters. The first-order valence-corrected chi connectivity index (χ1v) is 9.38. The fourth-order valence-electron chi connectivity index (χ4n) is 3.27. The van der Waals surface area contributed by atoms with Gasteiger partial charge in [0.2, 0.25) is 0 Å². The van der Waals surface area contributed by atoms with Gasteiger partial charge in [-0.3, -0.25) is 4.99 Å². The van der Waals surface area contributed by atoms with Crippen molar-refractivity contribution < 1.29 is 0 Å². The molecular formula is C22H18Cl2N2. The summed E-state index contributed by atoms with van der Waals surface area (Å²) in [5.74, 6) is 0.849. The molecule has 0 radical (unpaired) electrons. The molecule has 3 aromatic carbocycles. The number of nitrogens with zero attached hydrogens (tertiary/aromatic N) is 1. The molecule has 0 amide bonds. The van der Waals surface area contributed by atoms with Crippen molar-refractivity contribution in [1.29, 1.82) is 0 Å². The van der Waals surface area contributed by atoms with Gasteiger partial charge in [0.1, 0.15) is 5.84 Å². The SMILES string of the molecule is Clc1ccc(C2=NC(c3ccccc3)C(C(Cl)c3ccccc3)N2)cc1. The molecule has 26 heavy (non-hydrogen) atoms. The van der Waals surface area contributed by atoms with E-state index in [1.54, 1.807) is 0 Å². The third-order valence-electron chi connectivity index (χ3n) is 4.60. The predicted molar refractivity (Wildman–Crippen MR) is 109 cm³/mol. The maximum absolute atomic E-state index is 6.88. The molecule has 1 aliphatic heterocycles. The quantitative estimate of drug-likeness (QED) is 0.569. The van der Waals surface area contributed by atoms with Gasteiger partial charge in [-0.1, -0.05) is 72.3 Å². The number of nitrogens with one attached hydrogen (secondary N) is 1. The van der Waals surface area contributed by atoms with Crippen molar-refractivity contribution in [2.24, 2.45) is 4.99 Å². The lowest BCUT2D eigenvalue weighted by Gasteiger charge is -2.24. The largest absolute Gasteiger partial charge is 0.363 e. The van der Waals surface area contributed by atoms with Crippen molar-refractivity contribution in [1.82, 2.24) is 5.32 Å². The first-order valence-electron chi connectivity index (χ1n) is 8.56. The Balaban J connectivity index is 1.70. The van der Waals surface area contributed by atoms with Crippen LogP contribution in [0.1, 0.15) is 28.1 Å². The number of hydrogen-bond acceptors (Lipinski definition) is 2. The Morgan fingerprint density at radius 2 is 1.42 bits per heavy atom. The second-order valence-electron chi connectivity index (χ2n) is 6.32. The molecule has 130 valence electrons. The van der Waals surface area contributed by atoms with Crippen LogP contribution in [0.15, 0.2) is 89.9 Å². The summed E-state index contributed by atoms with van der Waals surface area (Å²) >= 11 is 12.9. The van der Waals surface area contributed by atoms with Crippen LogP contribution < -0.4 is 5.32 Å². The topological polar surface area (TPSA) is 24.4 Å². The van der Waals surface area contributed by atoms with E-state index in [0.717, 1.165) is 22.5 Å². The van der Waals surface area contributed by atoms with Crippen molar-refractivity contribution in [3.8, 4) is 0 Å². The molecule has 0 aromatic heterocycles. The van der Waals surface area contributed by atoms with Gasteiger partial charge < -0.3 is 5.32 Å². The predicted octanol–water partition coefficient (Wildman–Crippen LogP) is 5.78. The van der Waals surface area contributed by atoms with Crippen molar-refractivity contribution >= 4 is 29.0 Å². The van der Waals surface area contributed by atoms with Crippen LogP contribution in [0.4, 0.5) is 0 Å². The zero-order valence-electron chi connectivity index (χ0n) is 14.0. The van der Waals surface area contributed by atoms with Crippen molar-refractivity contribution in [3.05, 3.63) is 107 Å². The molecule has 4 heteroatoms. The first kappa shape index (κ1) is 17.1. The fraction of sp³-hybridized carbons (Fsp3) is 0.136. The van der Waals surface area contributed by atoms with E-state index in [0.29, 0.717) is 5.02 Å². The van der Waals surface area contributed by atoms with Gasteiger partial charge in [0, 0.05) is 10.6 Å². The van der Waals surface area contributed by atoms with Crippen LogP contribution in [-0.4, -0.2) is 11.9 Å². The smallest absolute Gasteiger partial charge is 0.129 e. The molecule has 0 aliphatic carbocycles. The highest BCUT2D eigenvalue weighted by molar-refractivity contribution is 6.30. The summed E-state index contributed by atoms with van der Waals surface area (Å²) in [7, 11) is 0. The molecule has 0 saturated carbocycles. The van der Waals surface area contributed by atoms with E-state index in [1.165, 1.54) is 0 Å². The second-order valence-corrected chi connectivity index (χ2v) is 7.23. The summed E-state index contributed by atoms with van der Waals surface area (Å²) < 4.78 is 0. The van der Waals surface area contributed by atoms with Crippen LogP contribution in [0, 0.1) is 0 Å². The Kier molecular flexibility index (Phi) is 4.96. The number of alkyl halides is 1. The molecule has 0 saturated heterocycles. The van der Waals surface area contributed by atoms with Gasteiger partial charge in [-0.15, -0.1) is 11.6 Å². The van der Waals surface area contributed by atoms with Crippen LogP contribution in [-0.2, 0) is 0 Å². The summed E-state index contributed by atoms with van der Waals surface area (Å²) in [6.07, 6.45) is 0. The third-order valence-corrected chi connectivity index (χ3v) is 5.38. The lowest BCUT2D eigenvalue weighted by molar-refractivity contribution is 0.527. The lowest BCUT2D eigenvalue weighted by Crippen LogP contribution is -2.35. The summed E-state index contributed by atoms with van der Waals surface area (Å²) in [5, 5.41) is 4.06. The highest BCUT2D eigenvalue weighted by atomic mass is 35.5. The molecule has 0 bridgehead atoms. The Bertz CT molecular complexity index is 892. The number of amidine groups is 1. The van der Waals surface area contributed by atoms with Gasteiger partial charge in [-0.2, -0.15) is 0 Å². The third kappa shape index (κ3) is 3.48. The minimum absolute atomic E-state index is 0.0351. The van der Waals surface area contributed by atoms with Crippen LogP contribution >= 0.6 is 23.2 Å². The Morgan fingerprint density at radius 3 is 2.08 bits per heavy atom. The average Bonchev–Trinajstić information content (AvgIpc) is 3.15. The van der Waals surface area contributed by atoms with E-state index >= 15 is 0 Å². The number of aliphatic imine (C=N–C) groups is 1. The van der Waals surface area contributed by atoms with E-state index in [4.69, 9.17) is 28.2 Å². The monoisotopic (exact) mass is 380 g/mol. The number of hydrogen-bond donors (Lipinski definition) is 1. The Labute approximate surface area is 163 Å². The van der Waals surface area contributed by atoms with E-state index < -0.39 is 0 Å². The summed E-state index contributed by atoms with van der Waals surface area (Å²) in [4.78, 5) is 4.96. The maximum Gasteiger partial charge on any atom is 0.129 e. The lowest BCUT2D eigenvalue weighted by atomic mass is 9.95. The van der Waals surface area contributed by atoms with Crippen LogP contribution in [0.3, 0.4) is 0 Å². The second kappa shape index (κ2) is 7.53. The number of halogens is 2. The van der Waals surface area contributed by atoms with E-state index in [9.17, 15) is 0 Å². The van der Waals surface area contributed by atoms with E-state index in [1.807, 2.05) is 60.7 Å². The minimum atomic E-state index is -0.199. The zero-order valence-corrected chi connectivity index (χ0v) is 15.5. The molecule has 4 rings (SSSR count). The molecule has 0 fully saturated rings. The minimum Gasteiger partial charge on any atom is -0.363 e. The zero-order chi connectivity index (χ0) is 17.9. The van der Waals surface area contributed by atoms with Crippen LogP contribution in [0.25, 0.3) is 0 Å². The van der Waals surface area contributed by atoms with Crippen molar-refractivity contribution in [3.63, 3.8) is 0 Å². The van der Waals surface area contributed by atoms with Gasteiger partial charge in [0.25, 0.3) is 0 Å². The van der Waals surface area contributed by atoms with E-state index in [-0.39, 0.29) is 17.5 Å². The van der Waals surface area contributed by atoms with Crippen LogP contribution in [0.5, 0.6) is 0 Å². The molecule has 0 spiro atoms. The Hall–Kier alpha value is -2.29. The molecular weight excluding hydrogens is 363 g/mol. The highest BCUT2D eigenvalue weighted by Crippen LogP contribution is 2.37. The molecule has 3 atom stereocenters. The number of rotatable bonds is 4. The maximum atomic E-state index is 6.88. The standard InChI is InChI=1S/C22H18Cl2N2/c23-18-13-11-17(12-14-18)22-25-20(16-9-5-2-6-10-16)21(26-22)19(24)15-7-3-1-4-8-15/h1-14,19-21H,(H,25,26). The van der Waals surface area contributed by atoms with Crippen molar-refractivity contribution in [2.45, 2.75) is 17.5 Å². The molecule has 3 aromatic rings. The molecule has 2 nitrogen and oxygen atoms in total. The van der Waals surface area contributed by atoms with Gasteiger partial charge in [0.15, 0.2) is 0 Å². The first-order chi connectivity index (χ1) is 12.7. The van der Waals surface area contributed by atoms with Gasteiger partial charge in [0.05, 0.1) is 17.5 Å². The summed E-state index contributed by atoms with van der Waals surface area (Å²) in [6, 6.07) is 28.0. The van der Waals surface area contributed by atoms with Gasteiger partial charge >= 0.3 is 0 Å². The molecule has 1 aliphatic rings. The fourth-order valence-corrected chi connectivity index (χ4v) is 3.74. The summed E-state index contributed by atoms with van der Waals surface area (Å²) in [5.41, 5.74) is 3.24. The Morgan fingerprint density at radius 1 is 0.808 bits per heavy atom. The van der Waals surface area contributed by atoms with E-state index in [2.05, 4.69) is 29.6 Å². The van der Waals surface area contributed by atoms with Crippen molar-refractivity contribution in [2.75, 3.05) is 0 Å². The molecule has 1 N–H and O–H groups in total. The molecule has 1 heterocycles. The van der Waals surface area contributed by atoms with Gasteiger partial charge in [-0.05, 0) is 35.4 Å². The van der Waals surface area contributed by atoms with Crippen LogP contribution in [0.2, 0.25) is 5.02 Å².